The summed E-state index contributed by atoms with van der Waals surface area (Å²) in [5.41, 5.74) is 0. The zero-order chi connectivity index (χ0) is 16.8. The first-order chi connectivity index (χ1) is 11.0. The molecule has 2 rings (SSSR count). The van der Waals surface area contributed by atoms with Crippen LogP contribution in [0.5, 0.6) is 0 Å². The van der Waals surface area contributed by atoms with Crippen molar-refractivity contribution in [2.75, 3.05) is 24.7 Å². The topological polar surface area (TPSA) is 75.4 Å². The van der Waals surface area contributed by atoms with Crippen molar-refractivity contribution in [2.45, 2.75) is 11.8 Å². The van der Waals surface area contributed by atoms with Gasteiger partial charge in [0.05, 0.1) is 12.3 Å². The van der Waals surface area contributed by atoms with E-state index in [1.54, 1.807) is 31.2 Å². The summed E-state index contributed by atoms with van der Waals surface area (Å²) in [5, 5.41) is 6.16. The average molecular weight is 337 g/mol. The van der Waals surface area contributed by atoms with Crippen LogP contribution < -0.4 is 5.32 Å². The number of anilines is 1. The highest BCUT2D eigenvalue weighted by Gasteiger charge is 2.15. The lowest BCUT2D eigenvalue weighted by atomic mass is 10.3. The number of nitrogens with one attached hydrogen (secondary N) is 1. The van der Waals surface area contributed by atoms with Gasteiger partial charge in [-0.15, -0.1) is 11.8 Å². The summed E-state index contributed by atoms with van der Waals surface area (Å²) in [4.78, 5) is 25.5. The molecule has 23 heavy (non-hydrogen) atoms. The fraction of sp³-hybridized carbons (Fsp3) is 0.267. The molecule has 1 aromatic heterocycles. The van der Waals surface area contributed by atoms with Crippen LogP contribution in [0.25, 0.3) is 0 Å². The summed E-state index contributed by atoms with van der Waals surface area (Å²) < 4.78 is 18.3. The Hall–Kier alpha value is -2.35. The van der Waals surface area contributed by atoms with Crippen molar-refractivity contribution in [1.29, 1.82) is 0 Å². The number of halogens is 1. The van der Waals surface area contributed by atoms with Gasteiger partial charge in [0.2, 0.25) is 11.8 Å². The van der Waals surface area contributed by atoms with Gasteiger partial charge >= 0.3 is 0 Å². The largest absolute Gasteiger partial charge is 0.360 e. The van der Waals surface area contributed by atoms with Crippen molar-refractivity contribution < 1.29 is 18.5 Å². The third kappa shape index (κ3) is 5.10. The first-order valence-electron chi connectivity index (χ1n) is 6.80. The Bertz CT molecular complexity index is 705. The number of hydrogen-bond acceptors (Lipinski definition) is 5. The summed E-state index contributed by atoms with van der Waals surface area (Å²) in [6, 6.07) is 7.81. The molecule has 0 aliphatic rings. The van der Waals surface area contributed by atoms with Crippen LogP contribution in [0.2, 0.25) is 0 Å². The SMILES string of the molecule is Cc1cc(NC(=O)CN(C)C(=O)CSc2ccccc2F)no1. The Kier molecular flexibility index (Phi) is 5.75. The van der Waals surface area contributed by atoms with E-state index in [9.17, 15) is 14.0 Å². The number of thioether (sulfide) groups is 1. The number of nitrogens with zero attached hydrogens (tertiary/aromatic N) is 2. The molecular weight excluding hydrogens is 321 g/mol. The maximum atomic E-state index is 13.5. The van der Waals surface area contributed by atoms with E-state index in [-0.39, 0.29) is 29.9 Å². The van der Waals surface area contributed by atoms with E-state index >= 15 is 0 Å². The predicted molar refractivity (Wildman–Crippen MR) is 84.6 cm³/mol. The van der Waals surface area contributed by atoms with Gasteiger partial charge in [0.15, 0.2) is 5.82 Å². The van der Waals surface area contributed by atoms with E-state index in [2.05, 4.69) is 10.5 Å². The summed E-state index contributed by atoms with van der Waals surface area (Å²) in [6.07, 6.45) is 0. The first kappa shape index (κ1) is 17.0. The van der Waals surface area contributed by atoms with Gasteiger partial charge in [0.1, 0.15) is 11.6 Å². The van der Waals surface area contributed by atoms with Crippen LogP contribution in [-0.2, 0) is 9.59 Å². The second-order valence-electron chi connectivity index (χ2n) is 4.84. The zero-order valence-corrected chi connectivity index (χ0v) is 13.5. The Labute approximate surface area is 137 Å². The van der Waals surface area contributed by atoms with Crippen molar-refractivity contribution in [3.63, 3.8) is 0 Å². The van der Waals surface area contributed by atoms with E-state index in [4.69, 9.17) is 4.52 Å². The molecule has 0 fully saturated rings. The maximum Gasteiger partial charge on any atom is 0.245 e. The third-order valence-electron chi connectivity index (χ3n) is 2.89. The second-order valence-corrected chi connectivity index (χ2v) is 5.86. The van der Waals surface area contributed by atoms with Gasteiger partial charge in [0, 0.05) is 18.0 Å². The summed E-state index contributed by atoms with van der Waals surface area (Å²) in [6.45, 7) is 1.58. The number of aromatic nitrogens is 1. The minimum absolute atomic E-state index is 0.0494. The van der Waals surface area contributed by atoms with Crippen LogP contribution in [0.15, 0.2) is 39.8 Å². The van der Waals surface area contributed by atoms with Crippen LogP contribution in [0.4, 0.5) is 10.2 Å². The molecule has 0 bridgehead atoms. The highest BCUT2D eigenvalue weighted by molar-refractivity contribution is 8.00. The lowest BCUT2D eigenvalue weighted by Crippen LogP contribution is -2.36. The van der Waals surface area contributed by atoms with Gasteiger partial charge in [-0.2, -0.15) is 0 Å². The lowest BCUT2D eigenvalue weighted by Gasteiger charge is -2.16. The zero-order valence-electron chi connectivity index (χ0n) is 12.7. The van der Waals surface area contributed by atoms with E-state index in [1.807, 2.05) is 0 Å². The van der Waals surface area contributed by atoms with E-state index < -0.39 is 0 Å². The standard InChI is InChI=1S/C15H16FN3O3S/c1-10-7-13(18-22-10)17-14(20)8-19(2)15(21)9-23-12-6-4-3-5-11(12)16/h3-7H,8-9H2,1-2H3,(H,17,18,20). The molecule has 0 spiro atoms. The predicted octanol–water partition coefficient (Wildman–Crippen LogP) is 2.31. The number of carbonyl (C=O) groups is 2. The van der Waals surface area contributed by atoms with Crippen LogP contribution in [0, 0.1) is 12.7 Å². The summed E-state index contributed by atoms with van der Waals surface area (Å²) in [5.74, 6) is -0.102. The molecule has 2 aromatic rings. The second kappa shape index (κ2) is 7.77. The highest BCUT2D eigenvalue weighted by Crippen LogP contribution is 2.21. The maximum absolute atomic E-state index is 13.5. The van der Waals surface area contributed by atoms with Crippen molar-refractivity contribution in [2.24, 2.45) is 0 Å². The molecule has 0 atom stereocenters. The normalized spacial score (nSPS) is 10.4. The first-order valence-corrected chi connectivity index (χ1v) is 7.78. The molecule has 1 heterocycles. The molecule has 0 unspecified atom stereocenters. The number of amides is 2. The number of carbonyl (C=O) groups excluding carboxylic acids is 2. The van der Waals surface area contributed by atoms with Crippen molar-refractivity contribution in [1.82, 2.24) is 10.1 Å². The van der Waals surface area contributed by atoms with E-state index in [0.717, 1.165) is 11.8 Å². The van der Waals surface area contributed by atoms with Gasteiger partial charge < -0.3 is 14.7 Å². The van der Waals surface area contributed by atoms with E-state index in [0.29, 0.717) is 16.5 Å². The van der Waals surface area contributed by atoms with Gasteiger partial charge in [-0.1, -0.05) is 17.3 Å². The van der Waals surface area contributed by atoms with E-state index in [1.165, 1.54) is 18.0 Å². The third-order valence-corrected chi connectivity index (χ3v) is 3.92. The Morgan fingerprint density at radius 3 is 2.78 bits per heavy atom. The van der Waals surface area contributed by atoms with Crippen LogP contribution >= 0.6 is 11.8 Å². The van der Waals surface area contributed by atoms with Crippen LogP contribution in [-0.4, -0.2) is 41.2 Å². The van der Waals surface area contributed by atoms with Crippen LogP contribution in [0.1, 0.15) is 5.76 Å². The Morgan fingerprint density at radius 1 is 1.39 bits per heavy atom. The molecular formula is C15H16FN3O3S. The smallest absolute Gasteiger partial charge is 0.245 e. The fourth-order valence-electron chi connectivity index (χ4n) is 1.72. The Balaban J connectivity index is 1.80. The number of aryl methyl sites for hydroxylation is 1. The molecule has 0 radical (unpaired) electrons. The molecule has 6 nitrogen and oxygen atoms in total. The van der Waals surface area contributed by atoms with Crippen molar-refractivity contribution in [3.05, 3.63) is 41.9 Å². The quantitative estimate of drug-likeness (QED) is 0.819. The van der Waals surface area contributed by atoms with Gasteiger partial charge in [-0.3, -0.25) is 9.59 Å². The highest BCUT2D eigenvalue weighted by atomic mass is 32.2. The van der Waals surface area contributed by atoms with Crippen LogP contribution in [0.3, 0.4) is 0 Å². The minimum atomic E-state index is -0.384. The molecule has 0 aliphatic carbocycles. The molecule has 1 aromatic carbocycles. The monoisotopic (exact) mass is 337 g/mol. The molecule has 122 valence electrons. The summed E-state index contributed by atoms with van der Waals surface area (Å²) >= 11 is 1.09. The molecule has 0 saturated carbocycles. The minimum Gasteiger partial charge on any atom is -0.360 e. The molecule has 0 saturated heterocycles. The van der Waals surface area contributed by atoms with Gasteiger partial charge in [-0.25, -0.2) is 4.39 Å². The van der Waals surface area contributed by atoms with Crippen molar-refractivity contribution >= 4 is 29.4 Å². The number of hydrogen-bond donors (Lipinski definition) is 1. The van der Waals surface area contributed by atoms with Gasteiger partial charge in [-0.05, 0) is 19.1 Å². The van der Waals surface area contributed by atoms with Crippen molar-refractivity contribution in [3.8, 4) is 0 Å². The molecule has 8 heteroatoms. The number of likely N-dealkylation sites (N-methyl/N-ethyl adjacent to an activating group) is 1. The fourth-order valence-corrected chi connectivity index (χ4v) is 2.60. The lowest BCUT2D eigenvalue weighted by molar-refractivity contribution is -0.131. The molecule has 1 N–H and O–H groups in total. The molecule has 0 aliphatic heterocycles. The summed E-state index contributed by atoms with van der Waals surface area (Å²) in [7, 11) is 1.51. The average Bonchev–Trinajstić information content (AvgIpc) is 2.90. The number of benzene rings is 1. The Morgan fingerprint density at radius 2 is 2.13 bits per heavy atom. The van der Waals surface area contributed by atoms with Gasteiger partial charge in [0.25, 0.3) is 0 Å². The number of rotatable bonds is 6. The molecule has 2 amide bonds.